The first-order valence-electron chi connectivity index (χ1n) is 11.7. The van der Waals surface area contributed by atoms with E-state index < -0.39 is 22.1 Å². The van der Waals surface area contributed by atoms with Crippen molar-refractivity contribution in [1.29, 1.82) is 0 Å². The van der Waals surface area contributed by atoms with Crippen LogP contribution in [-0.2, 0) is 21.3 Å². The SMILES string of the molecule is N[C@@H](Cc1cccc(OCC23CC4CC(CC(CCCCS(=O)(=O)O)(C4)C2)C3)c1)C(=O)O. The molecule has 4 N–H and O–H groups in total. The van der Waals surface area contributed by atoms with Crippen molar-refractivity contribution in [2.45, 2.75) is 70.3 Å². The van der Waals surface area contributed by atoms with Crippen LogP contribution in [0.2, 0.25) is 0 Å². The highest BCUT2D eigenvalue weighted by molar-refractivity contribution is 7.85. The molecule has 178 valence electrons. The van der Waals surface area contributed by atoms with Crippen LogP contribution < -0.4 is 10.5 Å². The fraction of sp³-hybridized carbons (Fsp3) is 0.708. The maximum atomic E-state index is 11.0. The molecule has 0 saturated heterocycles. The fourth-order valence-corrected chi connectivity index (χ4v) is 7.80. The summed E-state index contributed by atoms with van der Waals surface area (Å²) >= 11 is 0. The van der Waals surface area contributed by atoms with E-state index in [1.807, 2.05) is 24.3 Å². The summed E-state index contributed by atoms with van der Waals surface area (Å²) in [6, 6.07) is 6.65. The zero-order valence-corrected chi connectivity index (χ0v) is 19.4. The Kier molecular flexibility index (Phi) is 6.58. The lowest BCUT2D eigenvalue weighted by molar-refractivity contribution is -0.138. The molecular weight excluding hydrogens is 430 g/mol. The Balaban J connectivity index is 1.38. The molecule has 0 amide bonds. The minimum Gasteiger partial charge on any atom is -0.493 e. The quantitative estimate of drug-likeness (QED) is 0.336. The van der Waals surface area contributed by atoms with E-state index in [4.69, 9.17) is 20.1 Å². The van der Waals surface area contributed by atoms with Crippen molar-refractivity contribution < 1.29 is 27.6 Å². The smallest absolute Gasteiger partial charge is 0.320 e. The maximum absolute atomic E-state index is 11.0. The van der Waals surface area contributed by atoms with Crippen LogP contribution in [0.15, 0.2) is 24.3 Å². The average molecular weight is 466 g/mol. The Hall–Kier alpha value is -1.64. The Morgan fingerprint density at radius 2 is 1.84 bits per heavy atom. The number of benzene rings is 1. The van der Waals surface area contributed by atoms with E-state index in [0.717, 1.165) is 42.4 Å². The zero-order chi connectivity index (χ0) is 23.0. The predicted octanol–water partition coefficient (Wildman–Crippen LogP) is 3.66. The van der Waals surface area contributed by atoms with Gasteiger partial charge in [-0.1, -0.05) is 18.6 Å². The second-order valence-electron chi connectivity index (χ2n) is 10.8. The van der Waals surface area contributed by atoms with Crippen molar-refractivity contribution in [1.82, 2.24) is 0 Å². The van der Waals surface area contributed by atoms with Gasteiger partial charge < -0.3 is 15.6 Å². The van der Waals surface area contributed by atoms with Crippen LogP contribution >= 0.6 is 0 Å². The summed E-state index contributed by atoms with van der Waals surface area (Å²) in [6.45, 7) is 0.668. The third-order valence-corrected chi connectivity index (χ3v) is 8.68. The molecule has 32 heavy (non-hydrogen) atoms. The molecule has 4 aliphatic carbocycles. The predicted molar refractivity (Wildman–Crippen MR) is 121 cm³/mol. The minimum absolute atomic E-state index is 0.147. The fourth-order valence-electron chi connectivity index (χ4n) is 7.24. The van der Waals surface area contributed by atoms with Crippen molar-refractivity contribution in [3.8, 4) is 5.75 Å². The molecule has 4 aliphatic rings. The van der Waals surface area contributed by atoms with Crippen molar-refractivity contribution in [3.05, 3.63) is 29.8 Å². The maximum Gasteiger partial charge on any atom is 0.320 e. The van der Waals surface area contributed by atoms with Gasteiger partial charge in [0.25, 0.3) is 10.1 Å². The number of rotatable bonds is 11. The van der Waals surface area contributed by atoms with Gasteiger partial charge >= 0.3 is 5.97 Å². The second-order valence-corrected chi connectivity index (χ2v) is 12.4. The van der Waals surface area contributed by atoms with Crippen molar-refractivity contribution in [2.75, 3.05) is 12.4 Å². The number of carboxylic acid groups (broad SMARTS) is 1. The average Bonchev–Trinajstić information content (AvgIpc) is 2.68. The first-order valence-corrected chi connectivity index (χ1v) is 13.3. The van der Waals surface area contributed by atoms with Gasteiger partial charge in [-0.15, -0.1) is 0 Å². The van der Waals surface area contributed by atoms with E-state index >= 15 is 0 Å². The Morgan fingerprint density at radius 3 is 2.50 bits per heavy atom. The lowest BCUT2D eigenvalue weighted by atomic mass is 9.43. The van der Waals surface area contributed by atoms with Gasteiger partial charge in [0, 0.05) is 5.41 Å². The number of nitrogens with two attached hydrogens (primary N) is 1. The standard InChI is InChI=1S/C24H35NO6S/c25-21(22(26)27)10-17-4-3-5-20(9-17)31-16-24-13-18-8-19(14-24)12-23(11-18,15-24)6-1-2-7-32(28,29)30/h3-5,9,18-19,21H,1-2,6-8,10-16,25H2,(H,26,27)(H,28,29,30)/t18?,19?,21-,23?,24?/m0/s1. The van der Waals surface area contributed by atoms with Crippen LogP contribution in [0.25, 0.3) is 0 Å². The summed E-state index contributed by atoms with van der Waals surface area (Å²) in [5.41, 5.74) is 6.98. The highest BCUT2D eigenvalue weighted by Crippen LogP contribution is 2.66. The number of carboxylic acids is 1. The molecule has 2 unspecified atom stereocenters. The minimum atomic E-state index is -3.88. The van der Waals surface area contributed by atoms with Gasteiger partial charge in [0.2, 0.25) is 0 Å². The van der Waals surface area contributed by atoms with Crippen LogP contribution in [0.5, 0.6) is 5.75 Å². The lowest BCUT2D eigenvalue weighted by Gasteiger charge is -2.62. The number of hydrogen-bond acceptors (Lipinski definition) is 5. The number of aliphatic carboxylic acids is 1. The molecule has 4 fully saturated rings. The molecule has 1 aromatic rings. The molecule has 0 radical (unpaired) electrons. The number of hydrogen-bond donors (Lipinski definition) is 3. The molecular formula is C24H35NO6S. The van der Waals surface area contributed by atoms with Crippen molar-refractivity contribution >= 4 is 16.1 Å². The van der Waals surface area contributed by atoms with Gasteiger partial charge in [-0.2, -0.15) is 8.42 Å². The van der Waals surface area contributed by atoms with Gasteiger partial charge in [-0.05, 0) is 92.7 Å². The monoisotopic (exact) mass is 465 g/mol. The number of unbranched alkanes of at least 4 members (excludes halogenated alkanes) is 1. The molecule has 4 bridgehead atoms. The summed E-state index contributed by atoms with van der Waals surface area (Å²) in [4.78, 5) is 11.0. The molecule has 7 nitrogen and oxygen atoms in total. The summed E-state index contributed by atoms with van der Waals surface area (Å²) in [7, 11) is -3.88. The summed E-state index contributed by atoms with van der Waals surface area (Å²) < 4.78 is 37.4. The normalized spacial score (nSPS) is 32.1. The van der Waals surface area contributed by atoms with E-state index in [-0.39, 0.29) is 23.0 Å². The second kappa shape index (κ2) is 8.95. The van der Waals surface area contributed by atoms with Crippen LogP contribution in [-0.4, -0.2) is 42.4 Å². The number of carbonyl (C=O) groups is 1. The van der Waals surface area contributed by atoms with Gasteiger partial charge in [0.05, 0.1) is 12.4 Å². The molecule has 3 atom stereocenters. The summed E-state index contributed by atoms with van der Waals surface area (Å²) in [6.07, 6.45) is 9.94. The van der Waals surface area contributed by atoms with Crippen molar-refractivity contribution in [2.24, 2.45) is 28.4 Å². The van der Waals surface area contributed by atoms with Crippen LogP contribution in [0.3, 0.4) is 0 Å². The zero-order valence-electron chi connectivity index (χ0n) is 18.5. The Bertz CT molecular complexity index is 932. The van der Waals surface area contributed by atoms with Crippen LogP contribution in [0.1, 0.15) is 63.4 Å². The van der Waals surface area contributed by atoms with E-state index in [0.29, 0.717) is 13.0 Å². The van der Waals surface area contributed by atoms with E-state index in [2.05, 4.69) is 0 Å². The third kappa shape index (κ3) is 5.64. The van der Waals surface area contributed by atoms with Gasteiger partial charge in [-0.3, -0.25) is 9.35 Å². The lowest BCUT2D eigenvalue weighted by Crippen LogP contribution is -2.54. The molecule has 4 saturated carbocycles. The van der Waals surface area contributed by atoms with Gasteiger partial charge in [-0.25, -0.2) is 0 Å². The van der Waals surface area contributed by atoms with E-state index in [1.165, 1.54) is 32.1 Å². The van der Waals surface area contributed by atoms with Crippen molar-refractivity contribution in [3.63, 3.8) is 0 Å². The third-order valence-electron chi connectivity index (χ3n) is 7.88. The van der Waals surface area contributed by atoms with Gasteiger partial charge in [0.1, 0.15) is 11.8 Å². The van der Waals surface area contributed by atoms with E-state index in [1.54, 1.807) is 0 Å². The highest BCUT2D eigenvalue weighted by Gasteiger charge is 2.57. The molecule has 0 spiro atoms. The number of ether oxygens (including phenoxy) is 1. The molecule has 0 aromatic heterocycles. The largest absolute Gasteiger partial charge is 0.493 e. The van der Waals surface area contributed by atoms with E-state index in [9.17, 15) is 13.2 Å². The summed E-state index contributed by atoms with van der Waals surface area (Å²) in [5, 5.41) is 9.06. The molecule has 1 aromatic carbocycles. The highest BCUT2D eigenvalue weighted by atomic mass is 32.2. The first kappa shape index (κ1) is 23.5. The Labute approximate surface area is 190 Å². The Morgan fingerprint density at radius 1 is 1.16 bits per heavy atom. The van der Waals surface area contributed by atoms with Crippen LogP contribution in [0.4, 0.5) is 0 Å². The first-order chi connectivity index (χ1) is 15.1. The summed E-state index contributed by atoms with van der Waals surface area (Å²) in [5.74, 6) is 1.05. The molecule has 0 heterocycles. The topological polar surface area (TPSA) is 127 Å². The van der Waals surface area contributed by atoms with Gasteiger partial charge in [0.15, 0.2) is 0 Å². The molecule has 0 aliphatic heterocycles. The molecule has 5 rings (SSSR count). The van der Waals surface area contributed by atoms with Crippen LogP contribution in [0, 0.1) is 22.7 Å². The molecule has 8 heteroatoms.